The highest BCUT2D eigenvalue weighted by atomic mass is 127. The molecule has 17 heavy (non-hydrogen) atoms. The Morgan fingerprint density at radius 3 is 2.65 bits per heavy atom. The Kier molecular flexibility index (Phi) is 6.77. The van der Waals surface area contributed by atoms with Gasteiger partial charge in [-0.3, -0.25) is 11.3 Å². The molecule has 2 nitrogen and oxygen atoms in total. The molecule has 0 aliphatic rings. The average molecular weight is 367 g/mol. The Bertz CT molecular complexity index is 355. The highest BCUT2D eigenvalue weighted by Gasteiger charge is 2.13. The number of benzene rings is 1. The maximum Gasteiger partial charge on any atom is 0.0471 e. The summed E-state index contributed by atoms with van der Waals surface area (Å²) in [6.45, 7) is 4.49. The van der Waals surface area contributed by atoms with Crippen molar-refractivity contribution in [2.45, 2.75) is 39.2 Å². The van der Waals surface area contributed by atoms with Crippen LogP contribution in [0, 0.1) is 9.49 Å². The molecular formula is C13H20ClIN2. The number of nitrogens with two attached hydrogens (primary N) is 1. The number of hydrazine groups is 1. The standard InChI is InChI=1S/C13H20ClIN2/c1-9(2)4-3-5-13(17-16)11-8-10(14)6-7-12(11)15/h6-9,13,17H,3-5,16H2,1-2H3. The summed E-state index contributed by atoms with van der Waals surface area (Å²) in [5.41, 5.74) is 4.10. The molecule has 1 aromatic rings. The van der Waals surface area contributed by atoms with Crippen LogP contribution < -0.4 is 11.3 Å². The lowest BCUT2D eigenvalue weighted by molar-refractivity contribution is 0.454. The van der Waals surface area contributed by atoms with E-state index in [1.165, 1.54) is 22.0 Å². The molecule has 0 amide bonds. The van der Waals surface area contributed by atoms with Gasteiger partial charge in [-0.2, -0.15) is 0 Å². The molecule has 0 spiro atoms. The third-order valence-corrected chi connectivity index (χ3v) is 4.03. The second-order valence-electron chi connectivity index (χ2n) is 4.71. The summed E-state index contributed by atoms with van der Waals surface area (Å²) in [6, 6.07) is 6.14. The van der Waals surface area contributed by atoms with E-state index < -0.39 is 0 Å². The van der Waals surface area contributed by atoms with E-state index in [-0.39, 0.29) is 6.04 Å². The minimum absolute atomic E-state index is 0.194. The first-order valence-electron chi connectivity index (χ1n) is 5.95. The van der Waals surface area contributed by atoms with E-state index in [0.29, 0.717) is 0 Å². The molecule has 1 atom stereocenters. The van der Waals surface area contributed by atoms with E-state index in [1.807, 2.05) is 18.2 Å². The van der Waals surface area contributed by atoms with Crippen molar-refractivity contribution in [2.24, 2.45) is 11.8 Å². The lowest BCUT2D eigenvalue weighted by atomic mass is 9.98. The van der Waals surface area contributed by atoms with Gasteiger partial charge in [0.25, 0.3) is 0 Å². The van der Waals surface area contributed by atoms with Gasteiger partial charge in [-0.05, 0) is 58.7 Å². The molecule has 0 aromatic heterocycles. The van der Waals surface area contributed by atoms with Crippen LogP contribution in [-0.4, -0.2) is 0 Å². The monoisotopic (exact) mass is 366 g/mol. The lowest BCUT2D eigenvalue weighted by Gasteiger charge is -2.18. The summed E-state index contributed by atoms with van der Waals surface area (Å²) in [4.78, 5) is 0. The van der Waals surface area contributed by atoms with Crippen LogP contribution in [-0.2, 0) is 0 Å². The summed E-state index contributed by atoms with van der Waals surface area (Å²) < 4.78 is 1.21. The second-order valence-corrected chi connectivity index (χ2v) is 6.31. The highest BCUT2D eigenvalue weighted by molar-refractivity contribution is 14.1. The summed E-state index contributed by atoms with van der Waals surface area (Å²) in [6.07, 6.45) is 3.45. The second kappa shape index (κ2) is 7.56. The van der Waals surface area contributed by atoms with Crippen molar-refractivity contribution in [1.29, 1.82) is 0 Å². The zero-order valence-electron chi connectivity index (χ0n) is 10.3. The summed E-state index contributed by atoms with van der Waals surface area (Å²) in [5.74, 6) is 6.39. The fourth-order valence-electron chi connectivity index (χ4n) is 1.84. The fraction of sp³-hybridized carbons (Fsp3) is 0.538. The first kappa shape index (κ1) is 15.2. The summed E-state index contributed by atoms with van der Waals surface area (Å²) >= 11 is 8.36. The SMILES string of the molecule is CC(C)CCCC(NN)c1cc(Cl)ccc1I. The van der Waals surface area contributed by atoms with Gasteiger partial charge < -0.3 is 0 Å². The molecule has 0 radical (unpaired) electrons. The van der Waals surface area contributed by atoms with Crippen LogP contribution in [0.2, 0.25) is 5.02 Å². The molecule has 1 rings (SSSR count). The molecule has 0 fully saturated rings. The summed E-state index contributed by atoms with van der Waals surface area (Å²) in [7, 11) is 0. The normalized spacial score (nSPS) is 13.1. The lowest BCUT2D eigenvalue weighted by Crippen LogP contribution is -2.28. The maximum atomic E-state index is 6.03. The number of hydrogen-bond acceptors (Lipinski definition) is 2. The van der Waals surface area contributed by atoms with Crippen LogP contribution >= 0.6 is 34.2 Å². The minimum atomic E-state index is 0.194. The average Bonchev–Trinajstić information content (AvgIpc) is 2.28. The van der Waals surface area contributed by atoms with Crippen molar-refractivity contribution in [3.63, 3.8) is 0 Å². The number of rotatable bonds is 6. The molecule has 0 saturated heterocycles. The van der Waals surface area contributed by atoms with Gasteiger partial charge in [0.1, 0.15) is 0 Å². The Labute approximate surface area is 122 Å². The molecule has 0 saturated carbocycles. The Balaban J connectivity index is 2.68. The zero-order valence-corrected chi connectivity index (χ0v) is 13.3. The van der Waals surface area contributed by atoms with E-state index in [9.17, 15) is 0 Å². The van der Waals surface area contributed by atoms with Gasteiger partial charge in [0, 0.05) is 14.6 Å². The van der Waals surface area contributed by atoms with Crippen LogP contribution in [0.1, 0.15) is 44.7 Å². The van der Waals surface area contributed by atoms with Crippen LogP contribution in [0.4, 0.5) is 0 Å². The first-order valence-corrected chi connectivity index (χ1v) is 7.41. The third-order valence-electron chi connectivity index (χ3n) is 2.81. The van der Waals surface area contributed by atoms with E-state index in [0.717, 1.165) is 17.4 Å². The van der Waals surface area contributed by atoms with Crippen molar-refractivity contribution < 1.29 is 0 Å². The van der Waals surface area contributed by atoms with Gasteiger partial charge in [-0.15, -0.1) is 0 Å². The van der Waals surface area contributed by atoms with Crippen LogP contribution in [0.15, 0.2) is 18.2 Å². The minimum Gasteiger partial charge on any atom is -0.271 e. The molecule has 1 unspecified atom stereocenters. The predicted octanol–water partition coefficient (Wildman–Crippen LogP) is 4.28. The Morgan fingerprint density at radius 2 is 2.06 bits per heavy atom. The van der Waals surface area contributed by atoms with Gasteiger partial charge >= 0.3 is 0 Å². The maximum absolute atomic E-state index is 6.03. The topological polar surface area (TPSA) is 38.0 Å². The van der Waals surface area contributed by atoms with Gasteiger partial charge in [0.2, 0.25) is 0 Å². The van der Waals surface area contributed by atoms with Gasteiger partial charge in [-0.25, -0.2) is 0 Å². The van der Waals surface area contributed by atoms with Crippen molar-refractivity contribution in [3.8, 4) is 0 Å². The van der Waals surface area contributed by atoms with E-state index in [1.54, 1.807) is 0 Å². The number of nitrogens with one attached hydrogen (secondary N) is 1. The molecule has 3 N–H and O–H groups in total. The van der Waals surface area contributed by atoms with Gasteiger partial charge in [0.05, 0.1) is 0 Å². The summed E-state index contributed by atoms with van der Waals surface area (Å²) in [5, 5.41) is 0.768. The highest BCUT2D eigenvalue weighted by Crippen LogP contribution is 2.27. The molecule has 4 heteroatoms. The Morgan fingerprint density at radius 1 is 1.35 bits per heavy atom. The smallest absolute Gasteiger partial charge is 0.0471 e. The molecule has 0 aliphatic heterocycles. The van der Waals surface area contributed by atoms with Crippen molar-refractivity contribution in [3.05, 3.63) is 32.4 Å². The van der Waals surface area contributed by atoms with E-state index in [4.69, 9.17) is 17.4 Å². The van der Waals surface area contributed by atoms with Crippen LogP contribution in [0.25, 0.3) is 0 Å². The number of hydrogen-bond donors (Lipinski definition) is 2. The van der Waals surface area contributed by atoms with Crippen LogP contribution in [0.3, 0.4) is 0 Å². The van der Waals surface area contributed by atoms with Crippen molar-refractivity contribution in [2.75, 3.05) is 0 Å². The molecular weight excluding hydrogens is 347 g/mol. The zero-order chi connectivity index (χ0) is 12.8. The van der Waals surface area contributed by atoms with E-state index in [2.05, 4.69) is 41.9 Å². The number of halogens is 2. The fourth-order valence-corrected chi connectivity index (χ4v) is 2.73. The third kappa shape index (κ3) is 5.12. The molecule has 0 aliphatic carbocycles. The van der Waals surface area contributed by atoms with Gasteiger partial charge in [-0.1, -0.05) is 38.3 Å². The predicted molar refractivity (Wildman–Crippen MR) is 82.9 cm³/mol. The first-order chi connectivity index (χ1) is 8.04. The largest absolute Gasteiger partial charge is 0.271 e. The molecule has 0 heterocycles. The quantitative estimate of drug-likeness (QED) is 0.448. The molecule has 0 bridgehead atoms. The van der Waals surface area contributed by atoms with Gasteiger partial charge in [0.15, 0.2) is 0 Å². The van der Waals surface area contributed by atoms with Crippen molar-refractivity contribution >= 4 is 34.2 Å². The van der Waals surface area contributed by atoms with E-state index >= 15 is 0 Å². The molecule has 96 valence electrons. The Hall–Kier alpha value is 0.160. The molecule has 1 aromatic carbocycles. The van der Waals surface area contributed by atoms with Crippen LogP contribution in [0.5, 0.6) is 0 Å². The van der Waals surface area contributed by atoms with Crippen molar-refractivity contribution in [1.82, 2.24) is 5.43 Å².